The van der Waals surface area contributed by atoms with Gasteiger partial charge in [0.1, 0.15) is 35.5 Å². The van der Waals surface area contributed by atoms with Gasteiger partial charge in [-0.25, -0.2) is 4.79 Å². The Morgan fingerprint density at radius 3 is 2.38 bits per heavy atom. The third kappa shape index (κ3) is 6.78. The lowest BCUT2D eigenvalue weighted by Crippen LogP contribution is -2.48. The topological polar surface area (TPSA) is 142 Å². The van der Waals surface area contributed by atoms with Crippen LogP contribution in [0.15, 0.2) is 71.5 Å². The SMILES string of the molecule is CC[C@@](C)(Cc1ccc(Oc2ccc(C(N)=O)cc2)cc1)NC[C@H](O)COc1cccc2[nH]c(=O)[nH]c12. The standard InChI is InChI=1S/C28H32N4O5/c1-3-28(2,30-16-20(33)17-36-24-6-4-5-23-25(24)32-27(35)31-23)15-18-7-11-21(12-8-18)37-22-13-9-19(10-14-22)26(29)34/h4-14,20,30,33H,3,15-17H2,1-2H3,(H2,29,34)(H2,31,32,35)/t20-,28-/m0/s1. The fourth-order valence-electron chi connectivity index (χ4n) is 4.02. The molecule has 37 heavy (non-hydrogen) atoms. The Bertz CT molecular complexity index is 1390. The Morgan fingerprint density at radius 1 is 1.05 bits per heavy atom. The predicted molar refractivity (Wildman–Crippen MR) is 142 cm³/mol. The molecule has 4 rings (SSSR count). The number of hydrogen-bond donors (Lipinski definition) is 5. The average Bonchev–Trinajstić information content (AvgIpc) is 3.28. The van der Waals surface area contributed by atoms with E-state index in [1.54, 1.807) is 42.5 Å². The Labute approximate surface area is 214 Å². The molecule has 0 radical (unpaired) electrons. The zero-order valence-corrected chi connectivity index (χ0v) is 20.9. The van der Waals surface area contributed by atoms with Crippen LogP contribution in [0.25, 0.3) is 11.0 Å². The quantitative estimate of drug-likeness (QED) is 0.200. The maximum absolute atomic E-state index is 11.6. The number of para-hydroxylation sites is 1. The molecule has 0 saturated carbocycles. The molecule has 1 heterocycles. The van der Waals surface area contributed by atoms with Crippen LogP contribution < -0.4 is 26.2 Å². The number of rotatable bonds is 12. The first kappa shape index (κ1) is 26.0. The van der Waals surface area contributed by atoms with Crippen LogP contribution in [0.2, 0.25) is 0 Å². The largest absolute Gasteiger partial charge is 0.489 e. The van der Waals surface area contributed by atoms with Gasteiger partial charge in [0.2, 0.25) is 5.91 Å². The van der Waals surface area contributed by atoms with E-state index in [9.17, 15) is 14.7 Å². The molecule has 1 aromatic heterocycles. The molecule has 9 nitrogen and oxygen atoms in total. The number of nitrogens with one attached hydrogen (secondary N) is 3. The molecule has 0 aliphatic heterocycles. The summed E-state index contributed by atoms with van der Waals surface area (Å²) in [6.45, 7) is 4.67. The van der Waals surface area contributed by atoms with Crippen molar-refractivity contribution in [3.8, 4) is 17.2 Å². The van der Waals surface area contributed by atoms with Crippen molar-refractivity contribution in [2.75, 3.05) is 13.2 Å². The molecule has 3 aromatic carbocycles. The van der Waals surface area contributed by atoms with Crippen LogP contribution in [0.5, 0.6) is 17.2 Å². The molecule has 1 amide bonds. The van der Waals surface area contributed by atoms with E-state index in [0.717, 1.165) is 18.4 Å². The Kier molecular flexibility index (Phi) is 7.95. The van der Waals surface area contributed by atoms with Crippen molar-refractivity contribution in [2.24, 2.45) is 5.73 Å². The molecule has 4 aromatic rings. The summed E-state index contributed by atoms with van der Waals surface area (Å²) in [7, 11) is 0. The molecule has 0 fully saturated rings. The second kappa shape index (κ2) is 11.3. The first-order valence-electron chi connectivity index (χ1n) is 12.2. The summed E-state index contributed by atoms with van der Waals surface area (Å²) >= 11 is 0. The van der Waals surface area contributed by atoms with E-state index in [-0.39, 0.29) is 17.8 Å². The van der Waals surface area contributed by atoms with Crippen LogP contribution in [-0.2, 0) is 6.42 Å². The molecule has 0 aliphatic rings. The van der Waals surface area contributed by atoms with Crippen LogP contribution in [0, 0.1) is 0 Å². The van der Waals surface area contributed by atoms with Crippen molar-refractivity contribution in [1.82, 2.24) is 15.3 Å². The van der Waals surface area contributed by atoms with Gasteiger partial charge in [0, 0.05) is 17.6 Å². The number of ether oxygens (including phenoxy) is 2. The van der Waals surface area contributed by atoms with Crippen molar-refractivity contribution in [2.45, 2.75) is 38.3 Å². The van der Waals surface area contributed by atoms with Gasteiger partial charge in [-0.15, -0.1) is 0 Å². The molecule has 0 unspecified atom stereocenters. The van der Waals surface area contributed by atoms with Gasteiger partial charge in [-0.3, -0.25) is 4.79 Å². The molecule has 6 N–H and O–H groups in total. The van der Waals surface area contributed by atoms with Crippen LogP contribution in [0.1, 0.15) is 36.2 Å². The molecule has 0 saturated heterocycles. The number of aromatic amines is 2. The van der Waals surface area contributed by atoms with Gasteiger partial charge in [0.15, 0.2) is 0 Å². The highest BCUT2D eigenvalue weighted by Gasteiger charge is 2.23. The molecular formula is C28H32N4O5. The lowest BCUT2D eigenvalue weighted by molar-refractivity contribution is 0.0976. The summed E-state index contributed by atoms with van der Waals surface area (Å²) in [5.74, 6) is 1.34. The number of imidazole rings is 1. The minimum Gasteiger partial charge on any atom is -0.489 e. The fourth-order valence-corrected chi connectivity index (χ4v) is 4.02. The molecule has 0 bridgehead atoms. The minimum atomic E-state index is -0.733. The Balaban J connectivity index is 1.29. The summed E-state index contributed by atoms with van der Waals surface area (Å²) in [4.78, 5) is 28.2. The predicted octanol–water partition coefficient (Wildman–Crippen LogP) is 3.49. The van der Waals surface area contributed by atoms with Crippen LogP contribution in [-0.4, -0.2) is 45.8 Å². The maximum atomic E-state index is 11.6. The van der Waals surface area contributed by atoms with E-state index < -0.39 is 12.0 Å². The number of carbonyl (C=O) groups is 1. The van der Waals surface area contributed by atoms with Gasteiger partial charge < -0.3 is 35.6 Å². The number of amides is 1. The lowest BCUT2D eigenvalue weighted by Gasteiger charge is -2.31. The van der Waals surface area contributed by atoms with Crippen molar-refractivity contribution < 1.29 is 19.4 Å². The molecule has 0 aliphatic carbocycles. The van der Waals surface area contributed by atoms with E-state index in [1.807, 2.05) is 24.3 Å². The third-order valence-electron chi connectivity index (χ3n) is 6.38. The lowest BCUT2D eigenvalue weighted by atomic mass is 9.90. The smallest absolute Gasteiger partial charge is 0.323 e. The van der Waals surface area contributed by atoms with Crippen LogP contribution in [0.4, 0.5) is 0 Å². The Morgan fingerprint density at radius 2 is 1.73 bits per heavy atom. The summed E-state index contributed by atoms with van der Waals surface area (Å²) in [6, 6.07) is 19.8. The van der Waals surface area contributed by atoms with E-state index in [2.05, 4.69) is 29.1 Å². The number of hydrogen-bond acceptors (Lipinski definition) is 6. The summed E-state index contributed by atoms with van der Waals surface area (Å²) < 4.78 is 11.6. The van der Waals surface area contributed by atoms with E-state index in [4.69, 9.17) is 15.2 Å². The van der Waals surface area contributed by atoms with Crippen molar-refractivity contribution in [1.29, 1.82) is 0 Å². The maximum Gasteiger partial charge on any atom is 0.323 e. The number of aliphatic hydroxyl groups excluding tert-OH is 1. The molecular weight excluding hydrogens is 472 g/mol. The Hall–Kier alpha value is -4.08. The van der Waals surface area contributed by atoms with E-state index >= 15 is 0 Å². The van der Waals surface area contributed by atoms with Crippen LogP contribution in [0.3, 0.4) is 0 Å². The highest BCUT2D eigenvalue weighted by atomic mass is 16.5. The number of benzene rings is 3. The first-order chi connectivity index (χ1) is 17.7. The number of primary amides is 1. The fraction of sp³-hybridized carbons (Fsp3) is 0.286. The highest BCUT2D eigenvalue weighted by Crippen LogP contribution is 2.25. The van der Waals surface area contributed by atoms with Crippen LogP contribution >= 0.6 is 0 Å². The number of aromatic nitrogens is 2. The normalized spacial score (nSPS) is 13.7. The molecule has 2 atom stereocenters. The number of H-pyrrole nitrogens is 2. The van der Waals surface area contributed by atoms with Gasteiger partial charge in [-0.2, -0.15) is 0 Å². The second-order valence-electron chi connectivity index (χ2n) is 9.33. The number of β-amino-alcohol motifs (C(OH)–C–C–N with tert-alkyl or cyclic N) is 1. The van der Waals surface area contributed by atoms with Crippen molar-refractivity contribution in [3.05, 3.63) is 88.3 Å². The van der Waals surface area contributed by atoms with Gasteiger partial charge in [0.25, 0.3) is 0 Å². The van der Waals surface area contributed by atoms with Gasteiger partial charge >= 0.3 is 5.69 Å². The zero-order chi connectivity index (χ0) is 26.4. The third-order valence-corrected chi connectivity index (χ3v) is 6.38. The number of nitrogens with two attached hydrogens (primary N) is 1. The highest BCUT2D eigenvalue weighted by molar-refractivity contribution is 5.92. The summed E-state index contributed by atoms with van der Waals surface area (Å²) in [5, 5.41) is 14.0. The monoisotopic (exact) mass is 504 g/mol. The van der Waals surface area contributed by atoms with E-state index in [1.165, 1.54) is 0 Å². The molecule has 9 heteroatoms. The average molecular weight is 505 g/mol. The van der Waals surface area contributed by atoms with Crippen molar-refractivity contribution >= 4 is 16.9 Å². The van der Waals surface area contributed by atoms with Crippen molar-refractivity contribution in [3.63, 3.8) is 0 Å². The first-order valence-corrected chi connectivity index (χ1v) is 12.2. The number of fused-ring (bicyclic) bond motifs is 1. The summed E-state index contributed by atoms with van der Waals surface area (Å²) in [6.07, 6.45) is 0.882. The van der Waals surface area contributed by atoms with Gasteiger partial charge in [0.05, 0.1) is 5.52 Å². The van der Waals surface area contributed by atoms with E-state index in [0.29, 0.717) is 40.4 Å². The zero-order valence-electron chi connectivity index (χ0n) is 20.9. The second-order valence-corrected chi connectivity index (χ2v) is 9.33. The molecule has 194 valence electrons. The number of aliphatic hydroxyl groups is 1. The number of carbonyl (C=O) groups excluding carboxylic acids is 1. The molecule has 0 spiro atoms. The van der Waals surface area contributed by atoms with Gasteiger partial charge in [-0.1, -0.05) is 25.1 Å². The van der Waals surface area contributed by atoms with Gasteiger partial charge in [-0.05, 0) is 73.9 Å². The summed E-state index contributed by atoms with van der Waals surface area (Å²) in [5.41, 5.74) is 7.54. The minimum absolute atomic E-state index is 0.0889.